The van der Waals surface area contributed by atoms with Crippen molar-refractivity contribution in [3.63, 3.8) is 0 Å². The highest BCUT2D eigenvalue weighted by molar-refractivity contribution is 5.83. The Morgan fingerprint density at radius 3 is 2.32 bits per heavy atom. The molecular formula is C50H70O13. The molecular weight excluding hydrogens is 809 g/mol. The van der Waals surface area contributed by atoms with Crippen molar-refractivity contribution in [2.24, 2.45) is 5.41 Å². The summed E-state index contributed by atoms with van der Waals surface area (Å²) >= 11 is 0. The number of carbonyl (C=O) groups excluding carboxylic acids is 3. The minimum absolute atomic E-state index is 0.0160. The summed E-state index contributed by atoms with van der Waals surface area (Å²) in [5.74, 6) is -4.29. The third-order valence-corrected chi connectivity index (χ3v) is 12.2. The molecule has 4 bridgehead atoms. The first-order valence-corrected chi connectivity index (χ1v) is 22.9. The summed E-state index contributed by atoms with van der Waals surface area (Å²) in [5, 5.41) is 34.0. The van der Waals surface area contributed by atoms with Gasteiger partial charge in [0.15, 0.2) is 12.4 Å². The van der Waals surface area contributed by atoms with Crippen LogP contribution in [0.5, 0.6) is 0 Å². The summed E-state index contributed by atoms with van der Waals surface area (Å²) in [6, 6.07) is 18.8. The lowest BCUT2D eigenvalue weighted by Gasteiger charge is -2.51. The van der Waals surface area contributed by atoms with E-state index < -0.39 is 66.4 Å². The molecule has 13 heteroatoms. The van der Waals surface area contributed by atoms with Crippen molar-refractivity contribution in [1.29, 1.82) is 0 Å². The first-order chi connectivity index (χ1) is 30.3. The summed E-state index contributed by atoms with van der Waals surface area (Å²) < 4.78 is 42.0. The molecule has 2 saturated heterocycles. The molecule has 2 aromatic rings. The van der Waals surface area contributed by atoms with Gasteiger partial charge in [0.05, 0.1) is 51.2 Å². The molecule has 0 unspecified atom stereocenters. The van der Waals surface area contributed by atoms with Gasteiger partial charge in [-0.05, 0) is 79.7 Å². The summed E-state index contributed by atoms with van der Waals surface area (Å²) in [5.41, 5.74) is 2.46. The summed E-state index contributed by atoms with van der Waals surface area (Å²) in [6.07, 6.45) is 6.87. The van der Waals surface area contributed by atoms with Gasteiger partial charge in [-0.25, -0.2) is 4.79 Å². The normalized spacial score (nSPS) is 29.0. The number of carbonyl (C=O) groups is 3. The molecule has 63 heavy (non-hydrogen) atoms. The molecule has 0 aromatic heterocycles. The number of aliphatic hydroxyl groups excluding tert-OH is 2. The first kappa shape index (κ1) is 50.1. The van der Waals surface area contributed by atoms with E-state index in [1.807, 2.05) is 18.2 Å². The van der Waals surface area contributed by atoms with E-state index in [9.17, 15) is 29.7 Å². The third kappa shape index (κ3) is 15.3. The van der Waals surface area contributed by atoms with E-state index in [0.29, 0.717) is 25.9 Å². The van der Waals surface area contributed by atoms with Crippen molar-refractivity contribution in [2.45, 2.75) is 166 Å². The maximum Gasteiger partial charge on any atom is 0.330 e. The van der Waals surface area contributed by atoms with E-state index in [4.69, 9.17) is 33.2 Å². The molecule has 3 aliphatic rings. The van der Waals surface area contributed by atoms with Gasteiger partial charge in [0.2, 0.25) is 5.79 Å². The number of rotatable bonds is 14. The Labute approximate surface area is 373 Å². The molecule has 0 saturated carbocycles. The molecule has 0 amide bonds. The third-order valence-electron chi connectivity index (χ3n) is 12.2. The Bertz CT molecular complexity index is 1780. The second-order valence-electron chi connectivity index (χ2n) is 17.6. The Morgan fingerprint density at radius 2 is 1.59 bits per heavy atom. The summed E-state index contributed by atoms with van der Waals surface area (Å²) in [6.45, 7) is 5.59. The van der Waals surface area contributed by atoms with Gasteiger partial charge in [-0.2, -0.15) is 0 Å². The van der Waals surface area contributed by atoms with Crippen LogP contribution >= 0.6 is 0 Å². The van der Waals surface area contributed by atoms with Crippen LogP contribution in [0.4, 0.5) is 0 Å². The minimum Gasteiger partial charge on any atom is -0.466 e. The Hall–Kier alpha value is -3.95. The molecule has 13 nitrogen and oxygen atoms in total. The van der Waals surface area contributed by atoms with Gasteiger partial charge < -0.3 is 48.5 Å². The maximum atomic E-state index is 13.4. The van der Waals surface area contributed by atoms with Gasteiger partial charge in [-0.1, -0.05) is 107 Å². The number of fused-ring (bicyclic) bond motifs is 4. The smallest absolute Gasteiger partial charge is 0.330 e. The van der Waals surface area contributed by atoms with Crippen LogP contribution in [0.1, 0.15) is 116 Å². The molecule has 8 atom stereocenters. The zero-order valence-electron chi connectivity index (χ0n) is 37.6. The summed E-state index contributed by atoms with van der Waals surface area (Å²) in [4.78, 5) is 39.3. The van der Waals surface area contributed by atoms with Crippen LogP contribution in [0, 0.1) is 5.41 Å². The number of methoxy groups -OCH3 is 1. The highest BCUT2D eigenvalue weighted by Gasteiger charge is 2.57. The van der Waals surface area contributed by atoms with Crippen molar-refractivity contribution in [3.05, 3.63) is 84.0 Å². The standard InChI is InChI=1S/C50H70O13/c1-5-6-7-8-12-18-44(53)62-48-38(30-45(54)57-4)29-42-33-43(34-51)60-46(55)31-39(52)24-27-58-40(17-13-14-35-19-21-37(22-20-35)36-15-10-9-11-16-36)32-41-25-28-59-47(61-41)23-26-49(2,3)50(48,56)63-42/h9-11,15-16,19-23,26,30,39-43,47-48,51-52,56H,5-8,12-14,17-18,24-25,27-29,31-34H2,1-4H3/t39-,40-,41+,42+,43-,47+,48+,50-/m1/s1. The number of ether oxygens (including phenoxy) is 7. The molecule has 5 rings (SSSR count). The van der Waals surface area contributed by atoms with E-state index in [2.05, 4.69) is 43.3 Å². The predicted octanol–water partition coefficient (Wildman–Crippen LogP) is 7.46. The Morgan fingerprint density at radius 1 is 0.873 bits per heavy atom. The fraction of sp³-hybridized carbons (Fsp3) is 0.620. The lowest BCUT2D eigenvalue weighted by molar-refractivity contribution is -0.327. The zero-order chi connectivity index (χ0) is 45.2. The average molecular weight is 879 g/mol. The van der Waals surface area contributed by atoms with E-state index >= 15 is 0 Å². The van der Waals surface area contributed by atoms with Crippen molar-refractivity contribution < 1.29 is 62.9 Å². The molecule has 2 aromatic carbocycles. The molecule has 0 spiro atoms. The second-order valence-corrected chi connectivity index (χ2v) is 17.6. The molecule has 3 heterocycles. The lowest BCUT2D eigenvalue weighted by atomic mass is 9.74. The van der Waals surface area contributed by atoms with Crippen molar-refractivity contribution >= 4 is 17.9 Å². The Kier molecular flexibility index (Phi) is 19.8. The number of esters is 3. The Balaban J connectivity index is 1.37. The van der Waals surface area contributed by atoms with Gasteiger partial charge in [0.1, 0.15) is 6.10 Å². The zero-order valence-corrected chi connectivity index (χ0v) is 37.6. The summed E-state index contributed by atoms with van der Waals surface area (Å²) in [7, 11) is 1.22. The minimum atomic E-state index is -2.28. The quantitative estimate of drug-likeness (QED) is 0.0561. The fourth-order valence-electron chi connectivity index (χ4n) is 8.43. The van der Waals surface area contributed by atoms with E-state index in [1.165, 1.54) is 24.3 Å². The maximum absolute atomic E-state index is 13.4. The van der Waals surface area contributed by atoms with E-state index in [1.54, 1.807) is 26.0 Å². The highest BCUT2D eigenvalue weighted by Crippen LogP contribution is 2.47. The van der Waals surface area contributed by atoms with Gasteiger partial charge >= 0.3 is 17.9 Å². The van der Waals surface area contributed by atoms with Crippen LogP contribution in [0.2, 0.25) is 0 Å². The number of cyclic esters (lactones) is 1. The largest absolute Gasteiger partial charge is 0.466 e. The van der Waals surface area contributed by atoms with E-state index in [0.717, 1.165) is 50.5 Å². The second kappa shape index (κ2) is 24.9. The highest BCUT2D eigenvalue weighted by atomic mass is 16.7. The van der Waals surface area contributed by atoms with Crippen molar-refractivity contribution in [2.75, 3.05) is 26.9 Å². The SMILES string of the molecule is CCCCCCCC(=O)O[C@H]1C(=CC(=O)OC)C[C@H]2C[C@H](CO)OC(=O)C[C@H](O)CCO[C@H](CCCc3ccc(-c4ccccc4)cc3)C[C@@H]3CCO[C@H](C=CC(C)(C)[C@]1(O)O2)O3. The predicted molar refractivity (Wildman–Crippen MR) is 236 cm³/mol. The van der Waals surface area contributed by atoms with Gasteiger partial charge in [-0.15, -0.1) is 0 Å². The topological polar surface area (TPSA) is 177 Å². The van der Waals surface area contributed by atoms with Crippen LogP contribution in [0.25, 0.3) is 11.1 Å². The monoisotopic (exact) mass is 878 g/mol. The van der Waals surface area contributed by atoms with Gasteiger partial charge in [0, 0.05) is 30.9 Å². The number of hydrogen-bond donors (Lipinski definition) is 3. The van der Waals surface area contributed by atoms with Gasteiger partial charge in [0.25, 0.3) is 0 Å². The fourth-order valence-corrected chi connectivity index (χ4v) is 8.43. The van der Waals surface area contributed by atoms with Crippen LogP contribution < -0.4 is 0 Å². The molecule has 0 radical (unpaired) electrons. The van der Waals surface area contributed by atoms with Crippen LogP contribution in [0.15, 0.2) is 78.4 Å². The van der Waals surface area contributed by atoms with Gasteiger partial charge in [-0.3, -0.25) is 9.59 Å². The van der Waals surface area contributed by atoms with Crippen LogP contribution in [0.3, 0.4) is 0 Å². The molecule has 3 aliphatic heterocycles. The number of aliphatic hydroxyl groups is 3. The number of benzene rings is 2. The number of hydrogen-bond acceptors (Lipinski definition) is 13. The number of unbranched alkanes of at least 4 members (excludes halogenated alkanes) is 4. The van der Waals surface area contributed by atoms with Crippen LogP contribution in [-0.4, -0.2) is 109 Å². The van der Waals surface area contributed by atoms with Crippen molar-refractivity contribution in [1.82, 2.24) is 0 Å². The molecule has 3 N–H and O–H groups in total. The van der Waals surface area contributed by atoms with Crippen LogP contribution in [-0.2, 0) is 54.0 Å². The number of aryl methyl sites for hydroxylation is 1. The van der Waals surface area contributed by atoms with E-state index in [-0.39, 0.29) is 56.5 Å². The molecule has 348 valence electrons. The first-order valence-electron chi connectivity index (χ1n) is 22.9. The lowest BCUT2D eigenvalue weighted by Crippen LogP contribution is -2.62. The molecule has 2 fully saturated rings. The average Bonchev–Trinajstić information content (AvgIpc) is 3.26. The van der Waals surface area contributed by atoms with Crippen molar-refractivity contribution in [3.8, 4) is 11.1 Å². The molecule has 0 aliphatic carbocycles.